The molecule has 0 N–H and O–H groups in total. The third kappa shape index (κ3) is 2.84. The van der Waals surface area contributed by atoms with E-state index in [0.29, 0.717) is 17.6 Å². The highest BCUT2D eigenvalue weighted by molar-refractivity contribution is 5.92. The largest absolute Gasteiger partial charge is 0.465 e. The van der Waals surface area contributed by atoms with Crippen LogP contribution in [0.25, 0.3) is 0 Å². The Labute approximate surface area is 133 Å². The molecule has 0 aromatic heterocycles. The summed E-state index contributed by atoms with van der Waals surface area (Å²) in [5, 5.41) is 0. The van der Waals surface area contributed by atoms with Crippen molar-refractivity contribution in [3.8, 4) is 0 Å². The molecule has 3 rings (SSSR count). The molecule has 0 radical (unpaired) electrons. The van der Waals surface area contributed by atoms with Crippen molar-refractivity contribution in [3.63, 3.8) is 0 Å². The lowest BCUT2D eigenvalue weighted by atomic mass is 9.96. The fourth-order valence-electron chi connectivity index (χ4n) is 3.68. The third-order valence-corrected chi connectivity index (χ3v) is 5.18. The predicted octanol–water partition coefficient (Wildman–Crippen LogP) is 2.84. The fourth-order valence-corrected chi connectivity index (χ4v) is 3.68. The van der Waals surface area contributed by atoms with Gasteiger partial charge in [0.2, 0.25) is 0 Å². The molecule has 2 heterocycles. The Bertz CT molecular complexity index is 552. The van der Waals surface area contributed by atoms with Gasteiger partial charge in [0.15, 0.2) is 0 Å². The van der Waals surface area contributed by atoms with E-state index >= 15 is 0 Å². The standard InChI is InChI=1S/C18H26N2O2/c1-13-7-8-15(10-17(13)18(21)22-3)19-11-16(12-19)20-9-5-4-6-14(20)2/h7-8,10,14,16H,4-6,9,11-12H2,1-3H3. The van der Waals surface area contributed by atoms with Gasteiger partial charge in [0.1, 0.15) is 0 Å². The summed E-state index contributed by atoms with van der Waals surface area (Å²) in [7, 11) is 1.44. The van der Waals surface area contributed by atoms with Crippen LogP contribution in [0.1, 0.15) is 42.1 Å². The minimum absolute atomic E-state index is 0.249. The summed E-state index contributed by atoms with van der Waals surface area (Å²) in [6.45, 7) is 7.66. The van der Waals surface area contributed by atoms with Gasteiger partial charge in [-0.2, -0.15) is 0 Å². The number of methoxy groups -OCH3 is 1. The summed E-state index contributed by atoms with van der Waals surface area (Å²) in [5.74, 6) is -0.249. The Kier molecular flexibility index (Phi) is 4.39. The molecule has 2 fully saturated rings. The number of ether oxygens (including phenoxy) is 1. The van der Waals surface area contributed by atoms with Crippen molar-refractivity contribution in [1.29, 1.82) is 0 Å². The molecular weight excluding hydrogens is 276 g/mol. The summed E-state index contributed by atoms with van der Waals surface area (Å²) in [6.07, 6.45) is 4.03. The number of likely N-dealkylation sites (tertiary alicyclic amines) is 1. The van der Waals surface area contributed by atoms with Crippen molar-refractivity contribution < 1.29 is 9.53 Å². The Morgan fingerprint density at radius 2 is 2.05 bits per heavy atom. The van der Waals surface area contributed by atoms with Gasteiger partial charge in [-0.15, -0.1) is 0 Å². The van der Waals surface area contributed by atoms with Gasteiger partial charge in [-0.25, -0.2) is 4.79 Å². The maximum atomic E-state index is 11.8. The Hall–Kier alpha value is -1.55. The number of esters is 1. The van der Waals surface area contributed by atoms with Crippen molar-refractivity contribution in [1.82, 2.24) is 4.90 Å². The predicted molar refractivity (Wildman–Crippen MR) is 88.5 cm³/mol. The van der Waals surface area contributed by atoms with Crippen LogP contribution in [0.2, 0.25) is 0 Å². The maximum absolute atomic E-state index is 11.8. The van der Waals surface area contributed by atoms with E-state index in [1.54, 1.807) is 0 Å². The first-order valence-electron chi connectivity index (χ1n) is 8.30. The maximum Gasteiger partial charge on any atom is 0.338 e. The minimum Gasteiger partial charge on any atom is -0.465 e. The van der Waals surface area contributed by atoms with Crippen LogP contribution in [-0.4, -0.2) is 49.7 Å². The number of rotatable bonds is 3. The molecule has 0 spiro atoms. The molecule has 2 saturated heterocycles. The van der Waals surface area contributed by atoms with Gasteiger partial charge in [0, 0.05) is 30.9 Å². The van der Waals surface area contributed by atoms with E-state index in [4.69, 9.17) is 4.74 Å². The quantitative estimate of drug-likeness (QED) is 0.804. The van der Waals surface area contributed by atoms with Gasteiger partial charge in [-0.1, -0.05) is 12.5 Å². The third-order valence-electron chi connectivity index (χ3n) is 5.18. The molecule has 2 aliphatic heterocycles. The average molecular weight is 302 g/mol. The van der Waals surface area contributed by atoms with Crippen molar-refractivity contribution in [2.45, 2.75) is 45.2 Å². The number of carbonyl (C=O) groups is 1. The highest BCUT2D eigenvalue weighted by atomic mass is 16.5. The highest BCUT2D eigenvalue weighted by Gasteiger charge is 2.35. The molecule has 0 bridgehead atoms. The van der Waals surface area contributed by atoms with Crippen molar-refractivity contribution in [2.24, 2.45) is 0 Å². The van der Waals surface area contributed by atoms with Gasteiger partial charge in [0.25, 0.3) is 0 Å². The number of aryl methyl sites for hydroxylation is 1. The molecule has 22 heavy (non-hydrogen) atoms. The fraction of sp³-hybridized carbons (Fsp3) is 0.611. The summed E-state index contributed by atoms with van der Waals surface area (Å²) in [6, 6.07) is 7.47. The lowest BCUT2D eigenvalue weighted by molar-refractivity contribution is 0.0600. The van der Waals surface area contributed by atoms with Gasteiger partial charge in [-0.3, -0.25) is 4.90 Å². The molecule has 4 heteroatoms. The van der Waals surface area contributed by atoms with E-state index < -0.39 is 0 Å². The second-order valence-electron chi connectivity index (χ2n) is 6.63. The first-order chi connectivity index (χ1) is 10.6. The second kappa shape index (κ2) is 6.29. The topological polar surface area (TPSA) is 32.8 Å². The van der Waals surface area contributed by atoms with E-state index in [0.717, 1.165) is 24.3 Å². The van der Waals surface area contributed by atoms with Gasteiger partial charge in [0.05, 0.1) is 12.7 Å². The number of hydrogen-bond donors (Lipinski definition) is 0. The molecule has 1 aromatic rings. The Morgan fingerprint density at radius 1 is 1.27 bits per heavy atom. The first kappa shape index (κ1) is 15.3. The van der Waals surface area contributed by atoms with Crippen LogP contribution in [-0.2, 0) is 4.74 Å². The number of carbonyl (C=O) groups excluding carboxylic acids is 1. The number of benzene rings is 1. The van der Waals surface area contributed by atoms with Gasteiger partial charge >= 0.3 is 5.97 Å². The lowest BCUT2D eigenvalue weighted by Gasteiger charge is -2.50. The van der Waals surface area contributed by atoms with Crippen LogP contribution in [0.15, 0.2) is 18.2 Å². The first-order valence-corrected chi connectivity index (χ1v) is 8.30. The van der Waals surface area contributed by atoms with Crippen molar-refractivity contribution in [3.05, 3.63) is 29.3 Å². The Balaban J connectivity index is 1.66. The highest BCUT2D eigenvalue weighted by Crippen LogP contribution is 2.29. The zero-order valence-corrected chi connectivity index (χ0v) is 13.8. The number of anilines is 1. The molecule has 0 amide bonds. The zero-order valence-electron chi connectivity index (χ0n) is 13.8. The summed E-state index contributed by atoms with van der Waals surface area (Å²) >= 11 is 0. The Morgan fingerprint density at radius 3 is 2.73 bits per heavy atom. The monoisotopic (exact) mass is 302 g/mol. The smallest absolute Gasteiger partial charge is 0.338 e. The summed E-state index contributed by atoms with van der Waals surface area (Å²) < 4.78 is 4.87. The van der Waals surface area contributed by atoms with Gasteiger partial charge in [-0.05, 0) is 50.9 Å². The lowest BCUT2D eigenvalue weighted by Crippen LogP contribution is -2.62. The summed E-state index contributed by atoms with van der Waals surface area (Å²) in [4.78, 5) is 16.8. The van der Waals surface area contributed by atoms with Crippen molar-refractivity contribution in [2.75, 3.05) is 31.6 Å². The molecule has 2 aliphatic rings. The molecule has 0 saturated carbocycles. The van der Waals surface area contributed by atoms with Crippen LogP contribution in [0, 0.1) is 6.92 Å². The van der Waals surface area contributed by atoms with Crippen LogP contribution in [0.3, 0.4) is 0 Å². The van der Waals surface area contributed by atoms with Crippen LogP contribution in [0.5, 0.6) is 0 Å². The van der Waals surface area contributed by atoms with E-state index in [2.05, 4.69) is 22.8 Å². The van der Waals surface area contributed by atoms with Crippen molar-refractivity contribution >= 4 is 11.7 Å². The van der Waals surface area contributed by atoms with Crippen LogP contribution < -0.4 is 4.90 Å². The van der Waals surface area contributed by atoms with E-state index in [-0.39, 0.29) is 5.97 Å². The molecule has 4 nitrogen and oxygen atoms in total. The molecule has 0 aliphatic carbocycles. The number of nitrogens with zero attached hydrogens (tertiary/aromatic N) is 2. The molecule has 1 unspecified atom stereocenters. The van der Waals surface area contributed by atoms with Gasteiger partial charge < -0.3 is 9.64 Å². The SMILES string of the molecule is COC(=O)c1cc(N2CC(N3CCCCC3C)C2)ccc1C. The average Bonchev–Trinajstić information content (AvgIpc) is 2.48. The zero-order chi connectivity index (χ0) is 15.7. The molecule has 1 atom stereocenters. The summed E-state index contributed by atoms with van der Waals surface area (Å²) in [5.41, 5.74) is 2.78. The molecule has 120 valence electrons. The minimum atomic E-state index is -0.249. The van der Waals surface area contributed by atoms with E-state index in [1.165, 1.54) is 32.9 Å². The van der Waals surface area contributed by atoms with E-state index in [1.807, 2.05) is 19.1 Å². The second-order valence-corrected chi connectivity index (χ2v) is 6.63. The van der Waals surface area contributed by atoms with E-state index in [9.17, 15) is 4.79 Å². The number of hydrogen-bond acceptors (Lipinski definition) is 4. The van der Waals surface area contributed by atoms with Crippen LogP contribution >= 0.6 is 0 Å². The normalized spacial score (nSPS) is 23.2. The molecular formula is C18H26N2O2. The van der Waals surface area contributed by atoms with Crippen LogP contribution in [0.4, 0.5) is 5.69 Å². The molecule has 1 aromatic carbocycles. The number of piperidine rings is 1.